The summed E-state index contributed by atoms with van der Waals surface area (Å²) < 4.78 is 0.608. The van der Waals surface area contributed by atoms with Crippen molar-refractivity contribution in [1.82, 2.24) is 0 Å². The molecule has 1 aliphatic rings. The molecule has 0 heterocycles. The number of halogens is 4. The van der Waals surface area contributed by atoms with E-state index in [0.717, 1.165) is 11.1 Å². The SMILES string of the molecule is Oc1ccc(C2=CC(Br)(Br)C(O)C(Br)=C2)cc1Br. The van der Waals surface area contributed by atoms with E-state index < -0.39 is 9.34 Å². The maximum Gasteiger partial charge on any atom is 0.130 e. The number of phenolic OH excluding ortho intramolecular Hbond substituents is 1. The fourth-order valence-corrected chi connectivity index (χ4v) is 4.18. The average molecular weight is 504 g/mol. The molecule has 0 saturated heterocycles. The van der Waals surface area contributed by atoms with Crippen LogP contribution in [0, 0.1) is 0 Å². The van der Waals surface area contributed by atoms with Crippen LogP contribution in [-0.4, -0.2) is 19.6 Å². The molecule has 0 spiro atoms. The number of phenols is 1. The van der Waals surface area contributed by atoms with Gasteiger partial charge in [-0.25, -0.2) is 0 Å². The number of aliphatic hydroxyl groups excluding tert-OH is 1. The Labute approximate surface area is 138 Å². The molecule has 0 bridgehead atoms. The van der Waals surface area contributed by atoms with Crippen molar-refractivity contribution >= 4 is 69.3 Å². The second-order valence-corrected chi connectivity index (χ2v) is 9.33. The van der Waals surface area contributed by atoms with Gasteiger partial charge in [-0.1, -0.05) is 53.9 Å². The predicted molar refractivity (Wildman–Crippen MR) is 87.4 cm³/mol. The Kier molecular flexibility index (Phi) is 4.44. The molecule has 2 N–H and O–H groups in total. The molecule has 18 heavy (non-hydrogen) atoms. The molecular weight excluding hydrogens is 496 g/mol. The maximum absolute atomic E-state index is 9.97. The van der Waals surface area contributed by atoms with E-state index in [4.69, 9.17) is 0 Å². The highest BCUT2D eigenvalue weighted by atomic mass is 79.9. The minimum atomic E-state index is -0.701. The molecule has 0 amide bonds. The minimum Gasteiger partial charge on any atom is -0.507 e. The number of allylic oxidation sites excluding steroid dienone is 2. The average Bonchev–Trinajstić information content (AvgIpc) is 2.29. The zero-order valence-corrected chi connectivity index (χ0v) is 15.2. The number of rotatable bonds is 1. The summed E-state index contributed by atoms with van der Waals surface area (Å²) in [6.45, 7) is 0. The lowest BCUT2D eigenvalue weighted by Crippen LogP contribution is -2.30. The van der Waals surface area contributed by atoms with Crippen LogP contribution in [0.25, 0.3) is 5.57 Å². The highest BCUT2D eigenvalue weighted by molar-refractivity contribution is 9.25. The van der Waals surface area contributed by atoms with Crippen LogP contribution in [0.4, 0.5) is 0 Å². The molecule has 96 valence electrons. The Hall–Kier alpha value is 0.380. The van der Waals surface area contributed by atoms with Gasteiger partial charge in [-0.2, -0.15) is 0 Å². The molecule has 2 nitrogen and oxygen atoms in total. The topological polar surface area (TPSA) is 40.5 Å². The highest BCUT2D eigenvalue weighted by Crippen LogP contribution is 2.44. The molecule has 2 rings (SSSR count). The summed E-state index contributed by atoms with van der Waals surface area (Å²) in [4.78, 5) is 0. The van der Waals surface area contributed by atoms with Crippen molar-refractivity contribution in [2.24, 2.45) is 0 Å². The van der Waals surface area contributed by atoms with Crippen LogP contribution < -0.4 is 0 Å². The molecule has 0 saturated carbocycles. The van der Waals surface area contributed by atoms with E-state index in [0.29, 0.717) is 8.96 Å². The monoisotopic (exact) mass is 500 g/mol. The summed E-state index contributed by atoms with van der Waals surface area (Å²) in [5, 5.41) is 19.5. The van der Waals surface area contributed by atoms with Gasteiger partial charge in [-0.05, 0) is 51.4 Å². The quantitative estimate of drug-likeness (QED) is 0.547. The zero-order valence-electron chi connectivity index (χ0n) is 8.87. The lowest BCUT2D eigenvalue weighted by atomic mass is 9.98. The van der Waals surface area contributed by atoms with Gasteiger partial charge in [0.05, 0.1) is 4.47 Å². The number of hydrogen-bond acceptors (Lipinski definition) is 2. The Morgan fingerprint density at radius 3 is 2.39 bits per heavy atom. The van der Waals surface area contributed by atoms with Gasteiger partial charge < -0.3 is 10.2 Å². The van der Waals surface area contributed by atoms with E-state index in [1.54, 1.807) is 6.07 Å². The zero-order chi connectivity index (χ0) is 13.5. The van der Waals surface area contributed by atoms with Crippen LogP contribution in [0.2, 0.25) is 0 Å². The van der Waals surface area contributed by atoms with Crippen molar-refractivity contribution in [3.63, 3.8) is 0 Å². The first-order valence-electron chi connectivity index (χ1n) is 4.96. The molecule has 6 heteroatoms. The molecule has 1 unspecified atom stereocenters. The molecule has 0 aromatic heterocycles. The maximum atomic E-state index is 9.97. The van der Waals surface area contributed by atoms with Crippen molar-refractivity contribution in [2.45, 2.75) is 9.34 Å². The standard InChI is InChI=1S/C12H8Br4O2/c13-8-3-6(1-2-10(8)17)7-4-9(14)11(18)12(15,16)5-7/h1-5,11,17-18H. The number of aromatic hydroxyl groups is 1. The fraction of sp³-hybridized carbons (Fsp3) is 0.167. The van der Waals surface area contributed by atoms with Crippen molar-refractivity contribution in [3.05, 3.63) is 44.9 Å². The molecule has 1 atom stereocenters. The number of hydrogen-bond donors (Lipinski definition) is 2. The van der Waals surface area contributed by atoms with Gasteiger partial charge in [0.1, 0.15) is 15.1 Å². The molecule has 0 radical (unpaired) electrons. The van der Waals surface area contributed by atoms with Crippen molar-refractivity contribution < 1.29 is 10.2 Å². The molecule has 1 aromatic carbocycles. The number of benzene rings is 1. The molecule has 0 fully saturated rings. The summed E-state index contributed by atoms with van der Waals surface area (Å²) >= 11 is 13.5. The van der Waals surface area contributed by atoms with Crippen LogP contribution in [0.1, 0.15) is 5.56 Å². The van der Waals surface area contributed by atoms with Gasteiger partial charge in [-0.15, -0.1) is 0 Å². The Bertz CT molecular complexity index is 549. The van der Waals surface area contributed by atoms with Gasteiger partial charge in [0.25, 0.3) is 0 Å². The largest absolute Gasteiger partial charge is 0.507 e. The van der Waals surface area contributed by atoms with E-state index in [1.807, 2.05) is 24.3 Å². The third kappa shape index (κ3) is 2.93. The van der Waals surface area contributed by atoms with E-state index >= 15 is 0 Å². The van der Waals surface area contributed by atoms with Gasteiger partial charge >= 0.3 is 0 Å². The van der Waals surface area contributed by atoms with Crippen molar-refractivity contribution in [3.8, 4) is 5.75 Å². The minimum absolute atomic E-state index is 0.196. The lowest BCUT2D eigenvalue weighted by Gasteiger charge is -2.28. The van der Waals surface area contributed by atoms with Crippen molar-refractivity contribution in [2.75, 3.05) is 0 Å². The van der Waals surface area contributed by atoms with Crippen LogP contribution in [0.3, 0.4) is 0 Å². The second-order valence-electron chi connectivity index (χ2n) is 3.87. The van der Waals surface area contributed by atoms with E-state index in [2.05, 4.69) is 63.7 Å². The first-order valence-corrected chi connectivity index (χ1v) is 8.13. The molecular formula is C12H8Br4O2. The second kappa shape index (κ2) is 5.40. The Morgan fingerprint density at radius 1 is 1.17 bits per heavy atom. The number of alkyl halides is 2. The van der Waals surface area contributed by atoms with Crippen LogP contribution in [0.15, 0.2) is 39.3 Å². The smallest absolute Gasteiger partial charge is 0.130 e. The highest BCUT2D eigenvalue weighted by Gasteiger charge is 2.35. The van der Waals surface area contributed by atoms with E-state index in [-0.39, 0.29) is 5.75 Å². The van der Waals surface area contributed by atoms with E-state index in [1.165, 1.54) is 0 Å². The molecule has 1 aromatic rings. The first kappa shape index (κ1) is 14.8. The van der Waals surface area contributed by atoms with Gasteiger partial charge in [0.2, 0.25) is 0 Å². The van der Waals surface area contributed by atoms with Crippen LogP contribution in [0.5, 0.6) is 5.75 Å². The Balaban J connectivity index is 2.48. The summed E-state index contributed by atoms with van der Waals surface area (Å²) in [5.41, 5.74) is 1.87. The number of aliphatic hydroxyl groups is 1. The third-order valence-corrected chi connectivity index (χ3v) is 5.17. The first-order chi connectivity index (χ1) is 8.31. The van der Waals surface area contributed by atoms with Crippen LogP contribution in [-0.2, 0) is 0 Å². The fourth-order valence-electron chi connectivity index (χ4n) is 1.59. The third-order valence-electron chi connectivity index (χ3n) is 2.55. The van der Waals surface area contributed by atoms with E-state index in [9.17, 15) is 10.2 Å². The van der Waals surface area contributed by atoms with Gasteiger partial charge in [0.15, 0.2) is 0 Å². The van der Waals surface area contributed by atoms with Crippen molar-refractivity contribution in [1.29, 1.82) is 0 Å². The van der Waals surface area contributed by atoms with Gasteiger partial charge in [-0.3, -0.25) is 0 Å². The van der Waals surface area contributed by atoms with Crippen LogP contribution >= 0.6 is 63.7 Å². The Morgan fingerprint density at radius 2 is 1.83 bits per heavy atom. The normalized spacial score (nSPS) is 22.4. The lowest BCUT2D eigenvalue weighted by molar-refractivity contribution is 0.223. The summed E-state index contributed by atoms with van der Waals surface area (Å²) in [6.07, 6.45) is 3.03. The summed E-state index contributed by atoms with van der Waals surface area (Å²) in [5.74, 6) is 0.196. The molecule has 0 aliphatic heterocycles. The summed E-state index contributed by atoms with van der Waals surface area (Å²) in [6, 6.07) is 5.26. The molecule has 1 aliphatic carbocycles. The predicted octanol–water partition coefficient (Wildman–Crippen LogP) is 4.68. The van der Waals surface area contributed by atoms with Gasteiger partial charge in [0, 0.05) is 4.48 Å². The summed E-state index contributed by atoms with van der Waals surface area (Å²) in [7, 11) is 0.